The number of aromatic nitrogens is 2. The fourth-order valence-electron chi connectivity index (χ4n) is 1.78. The maximum Gasteiger partial charge on any atom is 0.308 e. The van der Waals surface area contributed by atoms with Crippen molar-refractivity contribution in [2.75, 3.05) is 0 Å². The predicted molar refractivity (Wildman–Crippen MR) is 63.5 cm³/mol. The monoisotopic (exact) mass is 252 g/mol. The smallest absolute Gasteiger partial charge is 0.308 e. The Morgan fingerprint density at radius 1 is 1.59 bits per heavy atom. The number of hydrogen-bond acceptors (Lipinski definition) is 3. The molecule has 0 aliphatic heterocycles. The van der Waals surface area contributed by atoms with Gasteiger partial charge in [0.2, 0.25) is 0 Å². The molecule has 2 rings (SSSR count). The number of pyridine rings is 2. The summed E-state index contributed by atoms with van der Waals surface area (Å²) in [6.07, 6.45) is 1.15. The van der Waals surface area contributed by atoms with Crippen molar-refractivity contribution >= 4 is 28.5 Å². The lowest BCUT2D eigenvalue weighted by Gasteiger charge is -2.07. The van der Waals surface area contributed by atoms with Crippen LogP contribution in [-0.4, -0.2) is 21.0 Å². The SMILES string of the molecule is Cc1c(CC(=O)O)c(=O)[nH]c2ccnc(Cl)c12. The molecule has 0 aliphatic carbocycles. The molecule has 0 amide bonds. The van der Waals surface area contributed by atoms with Crippen LogP contribution in [0.3, 0.4) is 0 Å². The van der Waals surface area contributed by atoms with E-state index >= 15 is 0 Å². The van der Waals surface area contributed by atoms with Crippen LogP contribution < -0.4 is 5.56 Å². The minimum absolute atomic E-state index is 0.208. The first kappa shape index (κ1) is 11.6. The number of aromatic amines is 1. The molecule has 0 spiro atoms. The Hall–Kier alpha value is -1.88. The number of halogens is 1. The summed E-state index contributed by atoms with van der Waals surface area (Å²) in [4.78, 5) is 28.9. The summed E-state index contributed by atoms with van der Waals surface area (Å²) in [5.74, 6) is -1.06. The van der Waals surface area contributed by atoms with Crippen molar-refractivity contribution in [3.8, 4) is 0 Å². The van der Waals surface area contributed by atoms with E-state index in [1.165, 1.54) is 6.20 Å². The van der Waals surface area contributed by atoms with Gasteiger partial charge >= 0.3 is 5.97 Å². The summed E-state index contributed by atoms with van der Waals surface area (Å²) in [6.45, 7) is 1.67. The number of carboxylic acid groups (broad SMARTS) is 1. The van der Waals surface area contributed by atoms with Crippen molar-refractivity contribution in [3.05, 3.63) is 38.9 Å². The number of rotatable bonds is 2. The highest BCUT2D eigenvalue weighted by molar-refractivity contribution is 6.34. The molecule has 0 bridgehead atoms. The molecule has 2 aromatic rings. The minimum Gasteiger partial charge on any atom is -0.481 e. The third kappa shape index (κ3) is 2.01. The number of carbonyl (C=O) groups is 1. The molecule has 0 aliphatic rings. The molecular formula is C11H9ClN2O3. The Kier molecular flexibility index (Phi) is 2.85. The zero-order valence-electron chi connectivity index (χ0n) is 8.95. The number of aryl methyl sites for hydroxylation is 1. The highest BCUT2D eigenvalue weighted by atomic mass is 35.5. The van der Waals surface area contributed by atoms with Gasteiger partial charge in [-0.25, -0.2) is 4.98 Å². The third-order valence-electron chi connectivity index (χ3n) is 2.58. The van der Waals surface area contributed by atoms with E-state index in [-0.39, 0.29) is 17.1 Å². The maximum atomic E-state index is 11.7. The average Bonchev–Trinajstić information content (AvgIpc) is 2.23. The number of nitrogens with one attached hydrogen (secondary N) is 1. The maximum absolute atomic E-state index is 11.7. The van der Waals surface area contributed by atoms with Crippen LogP contribution in [0.5, 0.6) is 0 Å². The molecule has 5 nitrogen and oxygen atoms in total. The van der Waals surface area contributed by atoms with E-state index in [4.69, 9.17) is 16.7 Å². The van der Waals surface area contributed by atoms with Crippen molar-refractivity contribution in [3.63, 3.8) is 0 Å². The van der Waals surface area contributed by atoms with Crippen LogP contribution >= 0.6 is 11.6 Å². The van der Waals surface area contributed by atoms with Gasteiger partial charge in [0.1, 0.15) is 5.15 Å². The van der Waals surface area contributed by atoms with E-state index in [1.54, 1.807) is 13.0 Å². The van der Waals surface area contributed by atoms with Gasteiger partial charge in [0.05, 0.1) is 11.9 Å². The van der Waals surface area contributed by atoms with Gasteiger partial charge in [-0.2, -0.15) is 0 Å². The van der Waals surface area contributed by atoms with Gasteiger partial charge in [-0.05, 0) is 18.6 Å². The number of carboxylic acids is 1. The van der Waals surface area contributed by atoms with E-state index in [0.717, 1.165) is 0 Å². The van der Waals surface area contributed by atoms with E-state index < -0.39 is 11.5 Å². The van der Waals surface area contributed by atoms with Gasteiger partial charge in [-0.3, -0.25) is 9.59 Å². The normalized spacial score (nSPS) is 10.7. The number of fused-ring (bicyclic) bond motifs is 1. The van der Waals surface area contributed by atoms with Crippen LogP contribution in [0.4, 0.5) is 0 Å². The molecule has 6 heteroatoms. The molecule has 0 atom stereocenters. The molecule has 0 saturated heterocycles. The molecular weight excluding hydrogens is 244 g/mol. The van der Waals surface area contributed by atoms with Crippen molar-refractivity contribution in [2.45, 2.75) is 13.3 Å². The van der Waals surface area contributed by atoms with Crippen LogP contribution in [0, 0.1) is 6.92 Å². The van der Waals surface area contributed by atoms with Crippen LogP contribution in [0.2, 0.25) is 5.15 Å². The third-order valence-corrected chi connectivity index (χ3v) is 2.87. The number of H-pyrrole nitrogens is 1. The molecule has 88 valence electrons. The topological polar surface area (TPSA) is 83.0 Å². The summed E-state index contributed by atoms with van der Waals surface area (Å²) in [5, 5.41) is 9.60. The van der Waals surface area contributed by atoms with E-state index in [2.05, 4.69) is 9.97 Å². The summed E-state index contributed by atoms with van der Waals surface area (Å²) in [7, 11) is 0. The van der Waals surface area contributed by atoms with Crippen molar-refractivity contribution < 1.29 is 9.90 Å². The van der Waals surface area contributed by atoms with Gasteiger partial charge in [-0.1, -0.05) is 11.6 Å². The van der Waals surface area contributed by atoms with Crippen LogP contribution in [0.1, 0.15) is 11.1 Å². The lowest BCUT2D eigenvalue weighted by Crippen LogP contribution is -2.18. The lowest BCUT2D eigenvalue weighted by molar-refractivity contribution is -0.136. The molecule has 17 heavy (non-hydrogen) atoms. The van der Waals surface area contributed by atoms with Gasteiger partial charge in [0.25, 0.3) is 5.56 Å². The van der Waals surface area contributed by atoms with Crippen molar-refractivity contribution in [2.24, 2.45) is 0 Å². The Morgan fingerprint density at radius 2 is 2.29 bits per heavy atom. The van der Waals surface area contributed by atoms with E-state index in [9.17, 15) is 9.59 Å². The first-order valence-electron chi connectivity index (χ1n) is 4.88. The molecule has 0 unspecified atom stereocenters. The van der Waals surface area contributed by atoms with Gasteiger partial charge < -0.3 is 10.1 Å². The first-order valence-corrected chi connectivity index (χ1v) is 5.26. The molecule has 0 saturated carbocycles. The minimum atomic E-state index is -1.06. The lowest BCUT2D eigenvalue weighted by atomic mass is 10.0. The molecule has 0 fully saturated rings. The summed E-state index contributed by atoms with van der Waals surface area (Å²) < 4.78 is 0. The second-order valence-electron chi connectivity index (χ2n) is 3.65. The second kappa shape index (κ2) is 4.18. The zero-order valence-corrected chi connectivity index (χ0v) is 9.71. The summed E-state index contributed by atoms with van der Waals surface area (Å²) in [6, 6.07) is 1.63. The molecule has 2 aromatic heterocycles. The standard InChI is InChI=1S/C11H9ClN2O3/c1-5-6(4-8(15)16)11(17)14-7-2-3-13-10(12)9(5)7/h2-3H,4H2,1H3,(H,14,17)(H,15,16). The first-order chi connectivity index (χ1) is 8.00. The van der Waals surface area contributed by atoms with Crippen LogP contribution in [0.15, 0.2) is 17.1 Å². The van der Waals surface area contributed by atoms with Gasteiger partial charge in [0.15, 0.2) is 0 Å². The van der Waals surface area contributed by atoms with Crippen LogP contribution in [-0.2, 0) is 11.2 Å². The highest BCUT2D eigenvalue weighted by Gasteiger charge is 2.14. The molecule has 2 heterocycles. The van der Waals surface area contributed by atoms with Crippen molar-refractivity contribution in [1.82, 2.24) is 9.97 Å². The van der Waals surface area contributed by atoms with E-state index in [1.807, 2.05) is 0 Å². The van der Waals surface area contributed by atoms with Gasteiger partial charge in [-0.15, -0.1) is 0 Å². The Bertz CT molecular complexity index is 664. The Labute approximate surface area is 101 Å². The molecule has 0 aromatic carbocycles. The van der Waals surface area contributed by atoms with Crippen LogP contribution in [0.25, 0.3) is 10.9 Å². The average molecular weight is 253 g/mol. The molecule has 2 N–H and O–H groups in total. The Balaban J connectivity index is 2.83. The number of hydrogen-bond donors (Lipinski definition) is 2. The predicted octanol–water partition coefficient (Wildman–Crippen LogP) is 1.51. The quantitative estimate of drug-likeness (QED) is 0.794. The number of nitrogens with zero attached hydrogens (tertiary/aromatic N) is 1. The van der Waals surface area contributed by atoms with Gasteiger partial charge in [0, 0.05) is 17.1 Å². The largest absolute Gasteiger partial charge is 0.481 e. The zero-order chi connectivity index (χ0) is 12.6. The number of aliphatic carboxylic acids is 1. The summed E-state index contributed by atoms with van der Waals surface area (Å²) >= 11 is 5.94. The molecule has 0 radical (unpaired) electrons. The fourth-order valence-corrected chi connectivity index (χ4v) is 2.08. The second-order valence-corrected chi connectivity index (χ2v) is 4.01. The van der Waals surface area contributed by atoms with Crippen molar-refractivity contribution in [1.29, 1.82) is 0 Å². The summed E-state index contributed by atoms with van der Waals surface area (Å²) in [5.41, 5.74) is 0.922. The Morgan fingerprint density at radius 3 is 2.94 bits per heavy atom. The fraction of sp³-hybridized carbons (Fsp3) is 0.182. The van der Waals surface area contributed by atoms with E-state index in [0.29, 0.717) is 16.5 Å². The highest BCUT2D eigenvalue weighted by Crippen LogP contribution is 2.23.